The van der Waals surface area contributed by atoms with Gasteiger partial charge in [0.05, 0.1) is 20.3 Å². The first-order valence-electron chi connectivity index (χ1n) is 10.3. The summed E-state index contributed by atoms with van der Waals surface area (Å²) in [7, 11) is 3.59. The van der Waals surface area contributed by atoms with Crippen LogP contribution in [-0.2, 0) is 17.7 Å². The van der Waals surface area contributed by atoms with Gasteiger partial charge < -0.3 is 24.4 Å². The average Bonchev–Trinajstić information content (AvgIpc) is 3.34. The van der Waals surface area contributed by atoms with Crippen molar-refractivity contribution in [2.75, 3.05) is 53.6 Å². The lowest BCUT2D eigenvalue weighted by atomic mass is 10.1. The second kappa shape index (κ2) is 10.2. The number of hydrogen-bond donors (Lipinski definition) is 1. The standard InChI is InChI=1S/C21H32N4O3.HI/c1-15-10-16-11-19(26-3)17(12-20(16)28-15)13-23-21(22-2)25-5-4-18(14-25)24-6-8-27-9-7-24;/h11-12,15,18H,4-10,13-14H2,1-3H3,(H,22,23);1H. The lowest BCUT2D eigenvalue weighted by Crippen LogP contribution is -2.46. The fourth-order valence-electron chi connectivity index (χ4n) is 4.49. The Morgan fingerprint density at radius 3 is 2.79 bits per heavy atom. The van der Waals surface area contributed by atoms with Gasteiger partial charge in [0.15, 0.2) is 5.96 Å². The number of methoxy groups -OCH3 is 1. The van der Waals surface area contributed by atoms with Crippen molar-refractivity contribution in [2.45, 2.75) is 38.5 Å². The van der Waals surface area contributed by atoms with Crippen molar-refractivity contribution in [1.82, 2.24) is 15.1 Å². The Morgan fingerprint density at radius 2 is 2.07 bits per heavy atom. The van der Waals surface area contributed by atoms with Gasteiger partial charge in [0.2, 0.25) is 0 Å². The van der Waals surface area contributed by atoms with Gasteiger partial charge in [0.1, 0.15) is 17.6 Å². The predicted octanol–water partition coefficient (Wildman–Crippen LogP) is 2.12. The predicted molar refractivity (Wildman–Crippen MR) is 125 cm³/mol. The molecule has 29 heavy (non-hydrogen) atoms. The van der Waals surface area contributed by atoms with E-state index in [1.807, 2.05) is 7.05 Å². The second-order valence-corrected chi connectivity index (χ2v) is 7.84. The van der Waals surface area contributed by atoms with Crippen molar-refractivity contribution in [3.05, 3.63) is 23.3 Å². The smallest absolute Gasteiger partial charge is 0.193 e. The summed E-state index contributed by atoms with van der Waals surface area (Å²) in [6.07, 6.45) is 2.35. The molecule has 1 aromatic carbocycles. The Hall–Kier alpha value is -1.26. The van der Waals surface area contributed by atoms with Gasteiger partial charge >= 0.3 is 0 Å². The molecule has 0 radical (unpaired) electrons. The maximum Gasteiger partial charge on any atom is 0.193 e. The quantitative estimate of drug-likeness (QED) is 0.376. The van der Waals surface area contributed by atoms with Crippen LogP contribution in [0.25, 0.3) is 0 Å². The number of guanidine groups is 1. The summed E-state index contributed by atoms with van der Waals surface area (Å²) >= 11 is 0. The minimum atomic E-state index is 0. The third-order valence-corrected chi connectivity index (χ3v) is 5.97. The highest BCUT2D eigenvalue weighted by molar-refractivity contribution is 14.0. The Bertz CT molecular complexity index is 724. The second-order valence-electron chi connectivity index (χ2n) is 7.84. The van der Waals surface area contributed by atoms with Crippen molar-refractivity contribution in [3.8, 4) is 11.5 Å². The molecule has 2 fully saturated rings. The van der Waals surface area contributed by atoms with Gasteiger partial charge in [0, 0.05) is 63.4 Å². The maximum atomic E-state index is 5.92. The van der Waals surface area contributed by atoms with Crippen LogP contribution in [0.15, 0.2) is 17.1 Å². The first-order valence-corrected chi connectivity index (χ1v) is 10.3. The van der Waals surface area contributed by atoms with Gasteiger partial charge in [-0.15, -0.1) is 24.0 Å². The monoisotopic (exact) mass is 516 g/mol. The van der Waals surface area contributed by atoms with Gasteiger partial charge in [-0.25, -0.2) is 0 Å². The Kier molecular flexibility index (Phi) is 7.86. The minimum absolute atomic E-state index is 0. The van der Waals surface area contributed by atoms with Crippen LogP contribution in [0.5, 0.6) is 11.5 Å². The summed E-state index contributed by atoms with van der Waals surface area (Å²) in [5.41, 5.74) is 2.32. The van der Waals surface area contributed by atoms with E-state index in [1.54, 1.807) is 7.11 Å². The Balaban J connectivity index is 0.00000240. The van der Waals surface area contributed by atoms with Crippen LogP contribution < -0.4 is 14.8 Å². The first kappa shape index (κ1) is 22.4. The van der Waals surface area contributed by atoms with E-state index in [0.717, 1.165) is 68.8 Å². The molecule has 8 heteroatoms. The largest absolute Gasteiger partial charge is 0.496 e. The van der Waals surface area contributed by atoms with Gasteiger partial charge in [-0.3, -0.25) is 9.89 Å². The molecule has 0 bridgehead atoms. The van der Waals surface area contributed by atoms with E-state index in [-0.39, 0.29) is 30.1 Å². The summed E-state index contributed by atoms with van der Waals surface area (Å²) in [5, 5.41) is 3.53. The molecular formula is C21H33IN4O3. The number of fused-ring (bicyclic) bond motifs is 1. The highest BCUT2D eigenvalue weighted by Gasteiger charge is 2.30. The van der Waals surface area contributed by atoms with E-state index in [2.05, 4.69) is 39.2 Å². The molecule has 3 heterocycles. The van der Waals surface area contributed by atoms with Crippen LogP contribution in [-0.4, -0.2) is 81.5 Å². The number of nitrogens with zero attached hydrogens (tertiary/aromatic N) is 3. The normalized spacial score (nSPS) is 24.7. The summed E-state index contributed by atoms with van der Waals surface area (Å²) < 4.78 is 17.0. The summed E-state index contributed by atoms with van der Waals surface area (Å²) in [5.74, 6) is 2.84. The van der Waals surface area contributed by atoms with E-state index in [4.69, 9.17) is 14.2 Å². The van der Waals surface area contributed by atoms with Crippen LogP contribution in [0.4, 0.5) is 0 Å². The molecule has 0 spiro atoms. The molecule has 0 aliphatic carbocycles. The number of benzene rings is 1. The molecular weight excluding hydrogens is 483 g/mol. The fourth-order valence-corrected chi connectivity index (χ4v) is 4.49. The number of morpholine rings is 1. The number of aliphatic imine (C=N–C) groups is 1. The van der Waals surface area contributed by atoms with Crippen LogP contribution in [0, 0.1) is 0 Å². The van der Waals surface area contributed by atoms with Crippen molar-refractivity contribution in [3.63, 3.8) is 0 Å². The van der Waals surface area contributed by atoms with Crippen LogP contribution in [0.2, 0.25) is 0 Å². The zero-order chi connectivity index (χ0) is 19.5. The molecule has 162 valence electrons. The van der Waals surface area contributed by atoms with Crippen LogP contribution >= 0.6 is 24.0 Å². The zero-order valence-electron chi connectivity index (χ0n) is 17.6. The van der Waals surface area contributed by atoms with Gasteiger partial charge in [-0.05, 0) is 25.5 Å². The zero-order valence-corrected chi connectivity index (χ0v) is 20.0. The highest BCUT2D eigenvalue weighted by Crippen LogP contribution is 2.35. The summed E-state index contributed by atoms with van der Waals surface area (Å²) in [6.45, 7) is 8.59. The third-order valence-electron chi connectivity index (χ3n) is 5.97. The molecule has 0 aromatic heterocycles. The first-order chi connectivity index (χ1) is 13.7. The number of ether oxygens (including phenoxy) is 3. The number of likely N-dealkylation sites (tertiary alicyclic amines) is 1. The van der Waals surface area contributed by atoms with Crippen molar-refractivity contribution >= 4 is 29.9 Å². The average molecular weight is 516 g/mol. The number of hydrogen-bond acceptors (Lipinski definition) is 5. The van der Waals surface area contributed by atoms with E-state index >= 15 is 0 Å². The molecule has 4 rings (SSSR count). The summed E-state index contributed by atoms with van der Waals surface area (Å²) in [4.78, 5) is 9.43. The molecule has 1 aromatic rings. The Morgan fingerprint density at radius 1 is 1.28 bits per heavy atom. The van der Waals surface area contributed by atoms with Crippen molar-refractivity contribution < 1.29 is 14.2 Å². The fraction of sp³-hybridized carbons (Fsp3) is 0.667. The molecule has 0 saturated carbocycles. The van der Waals surface area contributed by atoms with Gasteiger partial charge in [-0.2, -0.15) is 0 Å². The van der Waals surface area contributed by atoms with E-state index < -0.39 is 0 Å². The van der Waals surface area contributed by atoms with Crippen LogP contribution in [0.1, 0.15) is 24.5 Å². The summed E-state index contributed by atoms with van der Waals surface area (Å²) in [6, 6.07) is 4.81. The van der Waals surface area contributed by atoms with Gasteiger partial charge in [-0.1, -0.05) is 0 Å². The molecule has 1 N–H and O–H groups in total. The molecule has 3 aliphatic rings. The SMILES string of the molecule is CN=C(NCc1cc2c(cc1OC)CC(C)O2)N1CCC(N2CCOCC2)C1.I. The number of nitrogens with one attached hydrogen (secondary N) is 1. The van der Waals surface area contributed by atoms with Crippen molar-refractivity contribution in [2.24, 2.45) is 4.99 Å². The lowest BCUT2D eigenvalue weighted by molar-refractivity contribution is 0.0195. The molecule has 2 unspecified atom stereocenters. The van der Waals surface area contributed by atoms with E-state index in [0.29, 0.717) is 12.6 Å². The lowest BCUT2D eigenvalue weighted by Gasteiger charge is -2.32. The Labute approximate surface area is 190 Å². The minimum Gasteiger partial charge on any atom is -0.496 e. The molecule has 0 amide bonds. The molecule has 3 aliphatic heterocycles. The number of halogens is 1. The maximum absolute atomic E-state index is 5.92. The molecule has 2 saturated heterocycles. The number of rotatable bonds is 4. The van der Waals surface area contributed by atoms with Gasteiger partial charge in [0.25, 0.3) is 0 Å². The third kappa shape index (κ3) is 5.08. The van der Waals surface area contributed by atoms with Crippen LogP contribution in [0.3, 0.4) is 0 Å². The van der Waals surface area contributed by atoms with E-state index in [9.17, 15) is 0 Å². The molecule has 7 nitrogen and oxygen atoms in total. The van der Waals surface area contributed by atoms with Crippen molar-refractivity contribution in [1.29, 1.82) is 0 Å². The topological polar surface area (TPSA) is 58.6 Å². The highest BCUT2D eigenvalue weighted by atomic mass is 127. The molecule has 2 atom stereocenters. The van der Waals surface area contributed by atoms with E-state index in [1.165, 1.54) is 12.0 Å².